The van der Waals surface area contributed by atoms with E-state index in [1.807, 2.05) is 11.6 Å². The Morgan fingerprint density at radius 3 is 2.88 bits per heavy atom. The maximum atomic E-state index is 12.6. The fourth-order valence-corrected chi connectivity index (χ4v) is 4.09. The Bertz CT molecular complexity index is 654. The van der Waals surface area contributed by atoms with E-state index < -0.39 is 11.4 Å². The summed E-state index contributed by atoms with van der Waals surface area (Å²) in [7, 11) is 0. The van der Waals surface area contributed by atoms with Crippen LogP contribution in [0.4, 0.5) is 10.5 Å². The number of urea groups is 1. The summed E-state index contributed by atoms with van der Waals surface area (Å²) >= 11 is 0. The van der Waals surface area contributed by atoms with Crippen molar-refractivity contribution >= 4 is 17.7 Å². The van der Waals surface area contributed by atoms with E-state index in [-0.39, 0.29) is 11.9 Å². The number of carboxylic acid groups (broad SMARTS) is 1. The van der Waals surface area contributed by atoms with Crippen LogP contribution in [-0.4, -0.2) is 44.9 Å². The molecule has 2 atom stereocenters. The predicted molar refractivity (Wildman–Crippen MR) is 89.8 cm³/mol. The van der Waals surface area contributed by atoms with Crippen molar-refractivity contribution in [2.24, 2.45) is 17.3 Å². The summed E-state index contributed by atoms with van der Waals surface area (Å²) < 4.78 is 1.89. The largest absolute Gasteiger partial charge is 0.481 e. The van der Waals surface area contributed by atoms with Crippen LogP contribution >= 0.6 is 0 Å². The van der Waals surface area contributed by atoms with Gasteiger partial charge in [0.1, 0.15) is 0 Å². The van der Waals surface area contributed by atoms with Crippen LogP contribution in [0.15, 0.2) is 6.20 Å². The molecule has 1 saturated heterocycles. The zero-order valence-corrected chi connectivity index (χ0v) is 14.6. The van der Waals surface area contributed by atoms with Crippen molar-refractivity contribution in [3.63, 3.8) is 0 Å². The summed E-state index contributed by atoms with van der Waals surface area (Å²) in [5.41, 5.74) is 0.875. The van der Waals surface area contributed by atoms with E-state index in [2.05, 4.69) is 24.3 Å². The van der Waals surface area contributed by atoms with Crippen molar-refractivity contribution < 1.29 is 14.7 Å². The number of aromatic nitrogens is 2. The molecule has 0 bridgehead atoms. The molecule has 2 heterocycles. The molecule has 0 radical (unpaired) electrons. The maximum Gasteiger partial charge on any atom is 0.321 e. The van der Waals surface area contributed by atoms with Crippen LogP contribution in [0, 0.1) is 24.2 Å². The summed E-state index contributed by atoms with van der Waals surface area (Å²) in [6.07, 6.45) is 4.16. The predicted octanol–water partition coefficient (Wildman–Crippen LogP) is 2.57. The number of hydrogen-bond donors (Lipinski definition) is 2. The average Bonchev–Trinajstić information content (AvgIpc) is 3.14. The quantitative estimate of drug-likeness (QED) is 0.886. The second kappa shape index (κ2) is 6.11. The van der Waals surface area contributed by atoms with Gasteiger partial charge in [0.15, 0.2) is 0 Å². The van der Waals surface area contributed by atoms with Gasteiger partial charge in [0, 0.05) is 19.6 Å². The molecular formula is C17H26N4O3. The number of aliphatic carboxylic acids is 1. The number of carbonyl (C=O) groups excluding carboxylic acids is 1. The van der Waals surface area contributed by atoms with Gasteiger partial charge < -0.3 is 15.3 Å². The summed E-state index contributed by atoms with van der Waals surface area (Å²) in [5.74, 6) is -0.215. The van der Waals surface area contributed by atoms with Crippen molar-refractivity contribution in [2.75, 3.05) is 18.4 Å². The molecule has 1 aromatic rings. The van der Waals surface area contributed by atoms with Gasteiger partial charge in [-0.05, 0) is 31.6 Å². The molecule has 0 spiro atoms. The molecule has 7 nitrogen and oxygen atoms in total. The molecule has 132 valence electrons. The molecular weight excluding hydrogens is 308 g/mol. The lowest BCUT2D eigenvalue weighted by Gasteiger charge is -2.23. The van der Waals surface area contributed by atoms with E-state index in [9.17, 15) is 14.7 Å². The zero-order chi connectivity index (χ0) is 17.5. The summed E-state index contributed by atoms with van der Waals surface area (Å²) in [5, 5.41) is 16.8. The average molecular weight is 334 g/mol. The van der Waals surface area contributed by atoms with Gasteiger partial charge >= 0.3 is 12.0 Å². The number of rotatable bonds is 4. The van der Waals surface area contributed by atoms with E-state index in [4.69, 9.17) is 0 Å². The lowest BCUT2D eigenvalue weighted by Crippen LogP contribution is -2.38. The fraction of sp³-hybridized carbons (Fsp3) is 0.706. The monoisotopic (exact) mass is 334 g/mol. The Labute approximate surface area is 142 Å². The van der Waals surface area contributed by atoms with Crippen LogP contribution in [0.2, 0.25) is 0 Å². The van der Waals surface area contributed by atoms with Gasteiger partial charge in [0.2, 0.25) is 0 Å². The van der Waals surface area contributed by atoms with E-state index in [0.717, 1.165) is 25.1 Å². The van der Waals surface area contributed by atoms with Gasteiger partial charge in [-0.1, -0.05) is 20.3 Å². The zero-order valence-electron chi connectivity index (χ0n) is 14.6. The highest BCUT2D eigenvalue weighted by Gasteiger charge is 2.55. The molecule has 3 rings (SSSR count). The lowest BCUT2D eigenvalue weighted by atomic mass is 9.81. The molecule has 2 amide bonds. The molecule has 2 N–H and O–H groups in total. The fourth-order valence-electron chi connectivity index (χ4n) is 4.09. The number of nitrogens with one attached hydrogen (secondary N) is 1. The van der Waals surface area contributed by atoms with E-state index in [0.29, 0.717) is 31.1 Å². The lowest BCUT2D eigenvalue weighted by molar-refractivity contribution is -0.149. The third-order valence-corrected chi connectivity index (χ3v) is 5.47. The molecule has 7 heteroatoms. The van der Waals surface area contributed by atoms with Crippen LogP contribution in [-0.2, 0) is 11.3 Å². The van der Waals surface area contributed by atoms with Gasteiger partial charge in [-0.2, -0.15) is 5.10 Å². The first-order valence-electron chi connectivity index (χ1n) is 8.65. The SMILES string of the molecule is Cc1c(NC(=O)N2C[C@@H]3CCC[C@@]3(C(=O)O)C2)cnn1CC(C)C. The number of hydrogen-bond acceptors (Lipinski definition) is 3. The summed E-state index contributed by atoms with van der Waals surface area (Å²) in [6, 6.07) is -0.225. The molecule has 0 aromatic carbocycles. The van der Waals surface area contributed by atoms with E-state index in [1.165, 1.54) is 0 Å². The van der Waals surface area contributed by atoms with Gasteiger partial charge in [0.25, 0.3) is 0 Å². The Kier molecular flexibility index (Phi) is 4.27. The first-order chi connectivity index (χ1) is 11.3. The van der Waals surface area contributed by atoms with E-state index >= 15 is 0 Å². The second-order valence-electron chi connectivity index (χ2n) is 7.58. The van der Waals surface area contributed by atoms with Crippen LogP contribution in [0.3, 0.4) is 0 Å². The number of anilines is 1. The van der Waals surface area contributed by atoms with Crippen LogP contribution in [0.1, 0.15) is 38.8 Å². The Balaban J connectivity index is 1.69. The van der Waals surface area contributed by atoms with Gasteiger partial charge in [-0.15, -0.1) is 0 Å². The summed E-state index contributed by atoms with van der Waals surface area (Å²) in [6.45, 7) is 7.80. The minimum atomic E-state index is -0.763. The van der Waals surface area contributed by atoms with Crippen LogP contribution in [0.25, 0.3) is 0 Å². The highest BCUT2D eigenvalue weighted by atomic mass is 16.4. The summed E-state index contributed by atoms with van der Waals surface area (Å²) in [4.78, 5) is 25.9. The normalized spacial score (nSPS) is 26.0. The first-order valence-corrected chi connectivity index (χ1v) is 8.65. The molecule has 1 aliphatic carbocycles. The third-order valence-electron chi connectivity index (χ3n) is 5.47. The number of carboxylic acids is 1. The molecule has 1 aliphatic heterocycles. The molecule has 24 heavy (non-hydrogen) atoms. The van der Waals surface area contributed by atoms with Crippen LogP contribution in [0.5, 0.6) is 0 Å². The highest BCUT2D eigenvalue weighted by molar-refractivity contribution is 5.91. The van der Waals surface area contributed by atoms with E-state index in [1.54, 1.807) is 11.1 Å². The highest BCUT2D eigenvalue weighted by Crippen LogP contribution is 2.48. The minimum absolute atomic E-state index is 0.0745. The number of nitrogens with zero attached hydrogens (tertiary/aromatic N) is 3. The molecule has 2 fully saturated rings. The molecule has 1 saturated carbocycles. The second-order valence-corrected chi connectivity index (χ2v) is 7.58. The molecule has 2 aliphatic rings. The standard InChI is InChI=1S/C17H26N4O3/c1-11(2)8-21-12(3)14(7-18-21)19-16(24)20-9-13-5-4-6-17(13,10-20)15(22)23/h7,11,13H,4-6,8-10H2,1-3H3,(H,19,24)(H,22,23)/t13-,17+/m0/s1. The van der Waals surface area contributed by atoms with Crippen molar-refractivity contribution in [3.05, 3.63) is 11.9 Å². The Morgan fingerprint density at radius 2 is 2.25 bits per heavy atom. The number of amides is 2. The minimum Gasteiger partial charge on any atom is -0.481 e. The number of fused-ring (bicyclic) bond motifs is 1. The van der Waals surface area contributed by atoms with Gasteiger partial charge in [-0.25, -0.2) is 4.79 Å². The van der Waals surface area contributed by atoms with Crippen molar-refractivity contribution in [3.8, 4) is 0 Å². The van der Waals surface area contributed by atoms with Gasteiger partial charge in [-0.3, -0.25) is 9.48 Å². The van der Waals surface area contributed by atoms with Crippen molar-refractivity contribution in [1.82, 2.24) is 14.7 Å². The molecule has 1 aromatic heterocycles. The van der Waals surface area contributed by atoms with Crippen LogP contribution < -0.4 is 5.32 Å². The Morgan fingerprint density at radius 1 is 1.50 bits per heavy atom. The number of likely N-dealkylation sites (tertiary alicyclic amines) is 1. The van der Waals surface area contributed by atoms with Gasteiger partial charge in [0.05, 0.1) is 23.0 Å². The smallest absolute Gasteiger partial charge is 0.321 e. The topological polar surface area (TPSA) is 87.5 Å². The molecule has 0 unspecified atom stereocenters. The number of carbonyl (C=O) groups is 2. The third kappa shape index (κ3) is 2.76. The van der Waals surface area contributed by atoms with Crippen molar-refractivity contribution in [2.45, 2.75) is 46.6 Å². The Hall–Kier alpha value is -2.05. The maximum absolute atomic E-state index is 12.6. The first kappa shape index (κ1) is 16.8. The van der Waals surface area contributed by atoms with Crippen molar-refractivity contribution in [1.29, 1.82) is 0 Å².